The van der Waals surface area contributed by atoms with E-state index >= 15 is 0 Å². The number of rotatable bonds is 4. The molecule has 0 saturated heterocycles. The Bertz CT molecular complexity index is 608. The Labute approximate surface area is 116 Å². The number of hydrogen-bond donors (Lipinski definition) is 0. The average Bonchev–Trinajstić information content (AvgIpc) is 2.38. The zero-order valence-electron chi connectivity index (χ0n) is 10.7. The predicted molar refractivity (Wildman–Crippen MR) is 63.1 cm³/mol. The Hall–Kier alpha value is -2.63. The fourth-order valence-electron chi connectivity index (χ4n) is 1.60. The molecular formula is C12H9F3N2O4. The summed E-state index contributed by atoms with van der Waals surface area (Å²) >= 11 is 0. The molecule has 0 heterocycles. The third-order valence-corrected chi connectivity index (χ3v) is 2.52. The Kier molecular flexibility index (Phi) is 4.86. The number of nitriles is 1. The molecule has 0 bridgehead atoms. The van der Waals surface area contributed by atoms with E-state index in [0.29, 0.717) is 12.1 Å². The van der Waals surface area contributed by atoms with E-state index in [9.17, 15) is 28.1 Å². The van der Waals surface area contributed by atoms with E-state index in [2.05, 4.69) is 4.74 Å². The van der Waals surface area contributed by atoms with E-state index in [1.807, 2.05) is 0 Å². The Morgan fingerprint density at radius 3 is 2.57 bits per heavy atom. The summed E-state index contributed by atoms with van der Waals surface area (Å²) < 4.78 is 42.2. The molecule has 6 nitrogen and oxygen atoms in total. The predicted octanol–water partition coefficient (Wildman–Crippen LogP) is 2.78. The van der Waals surface area contributed by atoms with Crippen molar-refractivity contribution in [1.82, 2.24) is 0 Å². The van der Waals surface area contributed by atoms with Crippen LogP contribution in [0.5, 0.6) is 0 Å². The highest BCUT2D eigenvalue weighted by atomic mass is 19.4. The first-order valence-electron chi connectivity index (χ1n) is 5.64. The molecule has 0 fully saturated rings. The second kappa shape index (κ2) is 6.21. The van der Waals surface area contributed by atoms with Gasteiger partial charge < -0.3 is 4.74 Å². The molecule has 21 heavy (non-hydrogen) atoms. The van der Waals surface area contributed by atoms with E-state index in [4.69, 9.17) is 5.26 Å². The maximum absolute atomic E-state index is 12.5. The lowest BCUT2D eigenvalue weighted by molar-refractivity contribution is -0.385. The average molecular weight is 302 g/mol. The van der Waals surface area contributed by atoms with E-state index in [-0.39, 0.29) is 6.61 Å². The molecular weight excluding hydrogens is 293 g/mol. The van der Waals surface area contributed by atoms with Gasteiger partial charge in [-0.05, 0) is 19.1 Å². The van der Waals surface area contributed by atoms with Crippen molar-refractivity contribution in [2.45, 2.75) is 19.0 Å². The van der Waals surface area contributed by atoms with Gasteiger partial charge in [-0.1, -0.05) is 0 Å². The molecule has 0 radical (unpaired) electrons. The van der Waals surface area contributed by atoms with Crippen molar-refractivity contribution in [3.63, 3.8) is 0 Å². The van der Waals surface area contributed by atoms with Crippen molar-refractivity contribution in [3.05, 3.63) is 39.4 Å². The minimum atomic E-state index is -4.77. The third-order valence-electron chi connectivity index (χ3n) is 2.52. The number of esters is 1. The highest BCUT2D eigenvalue weighted by molar-refractivity contribution is 5.83. The number of alkyl halides is 3. The molecule has 0 aliphatic heterocycles. The van der Waals surface area contributed by atoms with E-state index in [0.717, 1.165) is 6.07 Å². The normalized spacial score (nSPS) is 12.3. The minimum Gasteiger partial charge on any atom is -0.465 e. The molecule has 1 aromatic carbocycles. The summed E-state index contributed by atoms with van der Waals surface area (Å²) in [5, 5.41) is 19.8. The van der Waals surface area contributed by atoms with Crippen LogP contribution < -0.4 is 0 Å². The fourth-order valence-corrected chi connectivity index (χ4v) is 1.60. The number of benzene rings is 1. The van der Waals surface area contributed by atoms with Crippen LogP contribution in [0.3, 0.4) is 0 Å². The standard InChI is InChI=1S/C12H9F3N2O4/c1-2-21-11(18)9(6-16)8-4-3-7(12(13,14)15)5-10(8)17(19)20/h3-5,9H,2H2,1H3/t9-/m1/s1. The van der Waals surface area contributed by atoms with Gasteiger partial charge >= 0.3 is 12.1 Å². The summed E-state index contributed by atoms with van der Waals surface area (Å²) in [5.41, 5.74) is -2.63. The summed E-state index contributed by atoms with van der Waals surface area (Å²) in [6, 6.07) is 3.10. The minimum absolute atomic E-state index is 0.0640. The van der Waals surface area contributed by atoms with Gasteiger partial charge in [0.05, 0.1) is 28.7 Å². The number of hydrogen-bond acceptors (Lipinski definition) is 5. The van der Waals surface area contributed by atoms with E-state index < -0.39 is 39.8 Å². The number of halogens is 3. The van der Waals surface area contributed by atoms with Crippen molar-refractivity contribution in [2.24, 2.45) is 0 Å². The van der Waals surface area contributed by atoms with Gasteiger partial charge in [0.15, 0.2) is 5.92 Å². The van der Waals surface area contributed by atoms with Gasteiger partial charge in [0.2, 0.25) is 0 Å². The van der Waals surface area contributed by atoms with Gasteiger partial charge in [0.25, 0.3) is 5.69 Å². The van der Waals surface area contributed by atoms with Crippen molar-refractivity contribution in [3.8, 4) is 6.07 Å². The molecule has 9 heteroatoms. The molecule has 1 atom stereocenters. The summed E-state index contributed by atoms with van der Waals surface area (Å²) in [5.74, 6) is -2.71. The molecule has 112 valence electrons. The molecule has 0 aromatic heterocycles. The van der Waals surface area contributed by atoms with Crippen LogP contribution in [-0.4, -0.2) is 17.5 Å². The lowest BCUT2D eigenvalue weighted by Crippen LogP contribution is -2.16. The molecule has 1 rings (SSSR count). The van der Waals surface area contributed by atoms with Gasteiger partial charge in [-0.25, -0.2) is 0 Å². The first-order valence-corrected chi connectivity index (χ1v) is 5.64. The largest absolute Gasteiger partial charge is 0.465 e. The summed E-state index contributed by atoms with van der Waals surface area (Å²) in [6.45, 7) is 1.40. The number of carbonyl (C=O) groups is 1. The highest BCUT2D eigenvalue weighted by Gasteiger charge is 2.35. The van der Waals surface area contributed by atoms with E-state index in [1.54, 1.807) is 0 Å². The molecule has 0 unspecified atom stereocenters. The van der Waals surface area contributed by atoms with Crippen LogP contribution in [-0.2, 0) is 15.7 Å². The van der Waals surface area contributed by atoms with Gasteiger partial charge in [-0.15, -0.1) is 0 Å². The van der Waals surface area contributed by atoms with Gasteiger partial charge in [-0.3, -0.25) is 14.9 Å². The number of carbonyl (C=O) groups excluding carboxylic acids is 1. The monoisotopic (exact) mass is 302 g/mol. The number of nitro benzene ring substituents is 1. The third kappa shape index (κ3) is 3.68. The van der Waals surface area contributed by atoms with Crippen molar-refractivity contribution in [2.75, 3.05) is 6.61 Å². The number of nitro groups is 1. The summed E-state index contributed by atoms with van der Waals surface area (Å²) in [6.07, 6.45) is -4.77. The molecule has 0 spiro atoms. The van der Waals surface area contributed by atoms with Crippen molar-refractivity contribution in [1.29, 1.82) is 5.26 Å². The fraction of sp³-hybridized carbons (Fsp3) is 0.333. The molecule has 1 aromatic rings. The molecule has 0 amide bonds. The van der Waals surface area contributed by atoms with Gasteiger partial charge in [-0.2, -0.15) is 18.4 Å². The van der Waals surface area contributed by atoms with Crippen LogP contribution in [0.1, 0.15) is 24.0 Å². The lowest BCUT2D eigenvalue weighted by atomic mass is 9.97. The summed E-state index contributed by atoms with van der Waals surface area (Å²) in [4.78, 5) is 21.3. The first-order chi connectivity index (χ1) is 9.72. The SMILES string of the molecule is CCOC(=O)[C@H](C#N)c1ccc(C(F)(F)F)cc1[N+](=O)[O-]. The number of nitrogens with zero attached hydrogens (tertiary/aromatic N) is 2. The Balaban J connectivity index is 3.39. The number of ether oxygens (including phenoxy) is 1. The van der Waals surface area contributed by atoms with Crippen LogP contribution in [0, 0.1) is 21.4 Å². The maximum atomic E-state index is 12.5. The molecule has 0 N–H and O–H groups in total. The quantitative estimate of drug-likeness (QED) is 0.484. The zero-order chi connectivity index (χ0) is 16.2. The summed E-state index contributed by atoms with van der Waals surface area (Å²) in [7, 11) is 0. The maximum Gasteiger partial charge on any atom is 0.416 e. The molecule has 0 saturated carbocycles. The van der Waals surface area contributed by atoms with Gasteiger partial charge in [0.1, 0.15) is 0 Å². The van der Waals surface area contributed by atoms with Crippen molar-refractivity contribution >= 4 is 11.7 Å². The van der Waals surface area contributed by atoms with Gasteiger partial charge in [0, 0.05) is 6.07 Å². The topological polar surface area (TPSA) is 93.2 Å². The smallest absolute Gasteiger partial charge is 0.416 e. The van der Waals surface area contributed by atoms with E-state index in [1.165, 1.54) is 13.0 Å². The second-order valence-corrected chi connectivity index (χ2v) is 3.84. The Morgan fingerprint density at radius 1 is 1.52 bits per heavy atom. The van der Waals surface area contributed by atoms with Crippen LogP contribution in [0.15, 0.2) is 18.2 Å². The first kappa shape index (κ1) is 16.4. The Morgan fingerprint density at radius 2 is 2.14 bits per heavy atom. The molecule has 0 aliphatic carbocycles. The van der Waals surface area contributed by atoms with Crippen LogP contribution in [0.2, 0.25) is 0 Å². The molecule has 0 aliphatic rings. The lowest BCUT2D eigenvalue weighted by Gasteiger charge is -2.11. The van der Waals surface area contributed by atoms with Crippen LogP contribution >= 0.6 is 0 Å². The van der Waals surface area contributed by atoms with Crippen LogP contribution in [0.4, 0.5) is 18.9 Å². The second-order valence-electron chi connectivity index (χ2n) is 3.84. The highest BCUT2D eigenvalue weighted by Crippen LogP contribution is 2.35. The van der Waals surface area contributed by atoms with Crippen molar-refractivity contribution < 1.29 is 27.6 Å². The zero-order valence-corrected chi connectivity index (χ0v) is 10.7. The van der Waals surface area contributed by atoms with Crippen LogP contribution in [0.25, 0.3) is 0 Å².